The molecule has 3 nitrogen and oxygen atoms in total. The third kappa shape index (κ3) is 6.62. The van der Waals surface area contributed by atoms with Gasteiger partial charge in [0.25, 0.3) is 0 Å². The Morgan fingerprint density at radius 2 is 1.89 bits per heavy atom. The van der Waals surface area contributed by atoms with Crippen LogP contribution in [0.25, 0.3) is 0 Å². The first-order chi connectivity index (χ1) is 8.09. The minimum absolute atomic E-state index is 0. The van der Waals surface area contributed by atoms with Crippen molar-refractivity contribution in [2.24, 2.45) is 11.7 Å². The van der Waals surface area contributed by atoms with Crippen molar-refractivity contribution in [1.29, 1.82) is 0 Å². The molecule has 0 heterocycles. The molecule has 0 radical (unpaired) electrons. The molecule has 1 amide bonds. The zero-order valence-electron chi connectivity index (χ0n) is 11.1. The van der Waals surface area contributed by atoms with Crippen LogP contribution < -0.4 is 11.1 Å². The van der Waals surface area contributed by atoms with Crippen LogP contribution in [0.1, 0.15) is 25.8 Å². The Morgan fingerprint density at radius 1 is 1.28 bits per heavy atom. The zero-order valence-corrected chi connectivity index (χ0v) is 11.9. The van der Waals surface area contributed by atoms with Crippen molar-refractivity contribution in [3.8, 4) is 0 Å². The summed E-state index contributed by atoms with van der Waals surface area (Å²) in [5.74, 6) is 0.402. The number of benzene rings is 1. The Hall–Kier alpha value is -1.06. The standard InChI is InChI=1S/C14H22N2O.ClH/c1-11(2)10-13(15)14(17)16-9-8-12-6-4-3-5-7-12;/h3-7,11,13H,8-10,15H2,1-2H3,(H,16,17);1H/t13-;/m0./s1. The second-order valence-electron chi connectivity index (χ2n) is 4.76. The van der Waals surface area contributed by atoms with Gasteiger partial charge in [-0.3, -0.25) is 4.79 Å². The van der Waals surface area contributed by atoms with Crippen LogP contribution in [-0.4, -0.2) is 18.5 Å². The van der Waals surface area contributed by atoms with Gasteiger partial charge in [-0.05, 0) is 24.3 Å². The molecule has 0 aliphatic heterocycles. The number of halogens is 1. The summed E-state index contributed by atoms with van der Waals surface area (Å²) in [4.78, 5) is 11.6. The van der Waals surface area contributed by atoms with E-state index in [1.165, 1.54) is 5.56 Å². The van der Waals surface area contributed by atoms with E-state index in [0.717, 1.165) is 12.8 Å². The summed E-state index contributed by atoms with van der Waals surface area (Å²) in [6.07, 6.45) is 1.58. The number of hydrogen-bond acceptors (Lipinski definition) is 2. The molecule has 0 aliphatic rings. The van der Waals surface area contributed by atoms with Crippen molar-refractivity contribution >= 4 is 18.3 Å². The van der Waals surface area contributed by atoms with Gasteiger partial charge in [0.15, 0.2) is 0 Å². The molecule has 0 saturated heterocycles. The van der Waals surface area contributed by atoms with Gasteiger partial charge in [0.2, 0.25) is 5.91 Å². The quantitative estimate of drug-likeness (QED) is 0.832. The first-order valence-electron chi connectivity index (χ1n) is 6.17. The fourth-order valence-electron chi connectivity index (χ4n) is 1.72. The number of rotatable bonds is 6. The molecule has 1 aromatic rings. The summed E-state index contributed by atoms with van der Waals surface area (Å²) < 4.78 is 0. The second kappa shape index (κ2) is 8.95. The molecular weight excluding hydrogens is 248 g/mol. The fourth-order valence-corrected chi connectivity index (χ4v) is 1.72. The van der Waals surface area contributed by atoms with Crippen molar-refractivity contribution < 1.29 is 4.79 Å². The summed E-state index contributed by atoms with van der Waals surface area (Å²) in [7, 11) is 0. The van der Waals surface area contributed by atoms with E-state index in [9.17, 15) is 4.79 Å². The minimum Gasteiger partial charge on any atom is -0.354 e. The summed E-state index contributed by atoms with van der Waals surface area (Å²) >= 11 is 0. The number of hydrogen-bond donors (Lipinski definition) is 2. The molecule has 0 fully saturated rings. The highest BCUT2D eigenvalue weighted by Gasteiger charge is 2.13. The summed E-state index contributed by atoms with van der Waals surface area (Å²) in [6.45, 7) is 4.78. The SMILES string of the molecule is CC(C)C[C@H](N)C(=O)NCCc1ccccc1.Cl. The third-order valence-electron chi connectivity index (χ3n) is 2.62. The lowest BCUT2D eigenvalue weighted by molar-refractivity contribution is -0.122. The van der Waals surface area contributed by atoms with Crippen LogP contribution >= 0.6 is 12.4 Å². The summed E-state index contributed by atoms with van der Waals surface area (Å²) in [5.41, 5.74) is 7.01. The fraction of sp³-hybridized carbons (Fsp3) is 0.500. The Labute approximate surface area is 116 Å². The normalized spacial score (nSPS) is 11.8. The molecule has 3 N–H and O–H groups in total. The van der Waals surface area contributed by atoms with E-state index in [2.05, 4.69) is 31.3 Å². The number of carbonyl (C=O) groups is 1. The van der Waals surface area contributed by atoms with Gasteiger partial charge in [-0.15, -0.1) is 12.4 Å². The highest BCUT2D eigenvalue weighted by atomic mass is 35.5. The summed E-state index contributed by atoms with van der Waals surface area (Å²) in [5, 5.41) is 2.87. The molecule has 1 aromatic carbocycles. The van der Waals surface area contributed by atoms with E-state index in [1.807, 2.05) is 18.2 Å². The van der Waals surface area contributed by atoms with Gasteiger partial charge in [-0.25, -0.2) is 0 Å². The van der Waals surface area contributed by atoms with E-state index in [0.29, 0.717) is 12.5 Å². The van der Waals surface area contributed by atoms with Crippen molar-refractivity contribution in [3.63, 3.8) is 0 Å². The Kier molecular flexibility index (Phi) is 8.42. The first kappa shape index (κ1) is 16.9. The first-order valence-corrected chi connectivity index (χ1v) is 6.17. The molecule has 1 rings (SSSR count). The van der Waals surface area contributed by atoms with Gasteiger partial charge < -0.3 is 11.1 Å². The Bertz CT molecular complexity index is 341. The van der Waals surface area contributed by atoms with Crippen LogP contribution in [0.2, 0.25) is 0 Å². The highest BCUT2D eigenvalue weighted by Crippen LogP contribution is 2.03. The maximum absolute atomic E-state index is 11.6. The van der Waals surface area contributed by atoms with E-state index in [1.54, 1.807) is 0 Å². The van der Waals surface area contributed by atoms with Gasteiger partial charge in [0.1, 0.15) is 0 Å². The van der Waals surface area contributed by atoms with Crippen LogP contribution in [0.5, 0.6) is 0 Å². The molecular formula is C14H23ClN2O. The average Bonchev–Trinajstić information content (AvgIpc) is 2.29. The number of carbonyl (C=O) groups excluding carboxylic acids is 1. The molecule has 0 spiro atoms. The second-order valence-corrected chi connectivity index (χ2v) is 4.76. The van der Waals surface area contributed by atoms with Gasteiger partial charge in [-0.1, -0.05) is 44.2 Å². The molecule has 0 saturated carbocycles. The molecule has 0 bridgehead atoms. The van der Waals surface area contributed by atoms with Crippen molar-refractivity contribution in [2.75, 3.05) is 6.54 Å². The van der Waals surface area contributed by atoms with E-state index < -0.39 is 0 Å². The van der Waals surface area contributed by atoms with Crippen LogP contribution in [0.4, 0.5) is 0 Å². The highest BCUT2D eigenvalue weighted by molar-refractivity contribution is 5.85. The molecule has 0 aliphatic carbocycles. The third-order valence-corrected chi connectivity index (χ3v) is 2.62. The molecule has 18 heavy (non-hydrogen) atoms. The number of amides is 1. The predicted octanol–water partition coefficient (Wildman–Crippen LogP) is 2.14. The maximum Gasteiger partial charge on any atom is 0.236 e. The number of nitrogens with two attached hydrogens (primary N) is 1. The zero-order chi connectivity index (χ0) is 12.7. The van der Waals surface area contributed by atoms with Gasteiger partial charge >= 0.3 is 0 Å². The predicted molar refractivity (Wildman–Crippen MR) is 77.8 cm³/mol. The van der Waals surface area contributed by atoms with E-state index >= 15 is 0 Å². The Balaban J connectivity index is 0.00000289. The maximum atomic E-state index is 11.6. The van der Waals surface area contributed by atoms with Gasteiger partial charge in [0.05, 0.1) is 6.04 Å². The van der Waals surface area contributed by atoms with Crippen molar-refractivity contribution in [3.05, 3.63) is 35.9 Å². The lowest BCUT2D eigenvalue weighted by atomic mass is 10.0. The largest absolute Gasteiger partial charge is 0.354 e. The van der Waals surface area contributed by atoms with E-state index in [-0.39, 0.29) is 24.4 Å². The van der Waals surface area contributed by atoms with Crippen LogP contribution in [0, 0.1) is 5.92 Å². The molecule has 0 unspecified atom stereocenters. The van der Waals surface area contributed by atoms with Gasteiger partial charge in [0, 0.05) is 6.54 Å². The molecule has 4 heteroatoms. The van der Waals surface area contributed by atoms with E-state index in [4.69, 9.17) is 5.73 Å². The molecule has 1 atom stereocenters. The summed E-state index contributed by atoms with van der Waals surface area (Å²) in [6, 6.07) is 9.72. The Morgan fingerprint density at radius 3 is 2.44 bits per heavy atom. The van der Waals surface area contributed by atoms with Gasteiger partial charge in [-0.2, -0.15) is 0 Å². The van der Waals surface area contributed by atoms with Crippen molar-refractivity contribution in [1.82, 2.24) is 5.32 Å². The number of nitrogens with one attached hydrogen (secondary N) is 1. The average molecular weight is 271 g/mol. The van der Waals surface area contributed by atoms with Crippen LogP contribution in [-0.2, 0) is 11.2 Å². The van der Waals surface area contributed by atoms with Crippen LogP contribution in [0.3, 0.4) is 0 Å². The molecule has 102 valence electrons. The molecule has 0 aromatic heterocycles. The lowest BCUT2D eigenvalue weighted by Gasteiger charge is -2.14. The van der Waals surface area contributed by atoms with Crippen molar-refractivity contribution in [2.45, 2.75) is 32.7 Å². The lowest BCUT2D eigenvalue weighted by Crippen LogP contribution is -2.42. The topological polar surface area (TPSA) is 55.1 Å². The minimum atomic E-state index is -0.384. The van der Waals surface area contributed by atoms with Crippen LogP contribution in [0.15, 0.2) is 30.3 Å². The smallest absolute Gasteiger partial charge is 0.236 e. The monoisotopic (exact) mass is 270 g/mol.